The van der Waals surface area contributed by atoms with Gasteiger partial charge in [0.2, 0.25) is 0 Å². The van der Waals surface area contributed by atoms with Gasteiger partial charge in [-0.2, -0.15) is 0 Å². The minimum absolute atomic E-state index is 0.268. The Balaban J connectivity index is 2.16. The fourth-order valence-corrected chi connectivity index (χ4v) is 1.97. The van der Waals surface area contributed by atoms with E-state index < -0.39 is 5.82 Å². The number of ketones is 1. The average molecular weight is 312 g/mol. The van der Waals surface area contributed by atoms with Gasteiger partial charge in [0.15, 0.2) is 17.3 Å². The van der Waals surface area contributed by atoms with E-state index in [1.54, 1.807) is 43.5 Å². The van der Waals surface area contributed by atoms with Gasteiger partial charge in [0.1, 0.15) is 12.4 Å². The van der Waals surface area contributed by atoms with Gasteiger partial charge in [-0.3, -0.25) is 4.79 Å². The van der Waals surface area contributed by atoms with E-state index in [4.69, 9.17) is 9.47 Å². The summed E-state index contributed by atoms with van der Waals surface area (Å²) in [7, 11) is 1.54. The number of hydrogen-bond acceptors (Lipinski definition) is 3. The number of ether oxygens (including phenoxy) is 2. The molecule has 4 heteroatoms. The van der Waals surface area contributed by atoms with Crippen molar-refractivity contribution in [1.82, 2.24) is 0 Å². The highest BCUT2D eigenvalue weighted by Gasteiger charge is 2.05. The summed E-state index contributed by atoms with van der Waals surface area (Å²) in [5.41, 5.74) is 1.08. The number of benzene rings is 2. The highest BCUT2D eigenvalue weighted by molar-refractivity contribution is 6.06. The molecule has 0 spiro atoms. The number of carbonyl (C=O) groups excluding carboxylic acids is 1. The molecule has 0 amide bonds. The number of methoxy groups -OCH3 is 1. The van der Waals surface area contributed by atoms with E-state index in [1.165, 1.54) is 24.3 Å². The zero-order valence-corrected chi connectivity index (χ0v) is 12.8. The van der Waals surface area contributed by atoms with Crippen LogP contribution >= 0.6 is 0 Å². The number of rotatable bonds is 7. The first-order valence-corrected chi connectivity index (χ1v) is 7.03. The van der Waals surface area contributed by atoms with Crippen LogP contribution in [0.1, 0.15) is 15.9 Å². The van der Waals surface area contributed by atoms with Crippen LogP contribution in [0.25, 0.3) is 6.08 Å². The molecule has 0 saturated carbocycles. The Bertz CT molecular complexity index is 735. The van der Waals surface area contributed by atoms with E-state index in [-0.39, 0.29) is 5.78 Å². The Morgan fingerprint density at radius 2 is 2.04 bits per heavy atom. The maximum atomic E-state index is 13.1. The van der Waals surface area contributed by atoms with E-state index in [0.29, 0.717) is 23.7 Å². The molecule has 2 aromatic rings. The Hall–Kier alpha value is -2.88. The lowest BCUT2D eigenvalue weighted by molar-refractivity contribution is 0.104. The molecule has 0 bridgehead atoms. The van der Waals surface area contributed by atoms with Gasteiger partial charge in [0.05, 0.1) is 7.11 Å². The third-order valence-corrected chi connectivity index (χ3v) is 3.08. The molecule has 0 atom stereocenters. The molecular formula is C19H17FO3. The first-order chi connectivity index (χ1) is 11.1. The molecule has 0 saturated heterocycles. The summed E-state index contributed by atoms with van der Waals surface area (Å²) in [6.45, 7) is 3.97. The minimum atomic E-state index is -0.436. The zero-order valence-electron chi connectivity index (χ0n) is 12.8. The lowest BCUT2D eigenvalue weighted by Crippen LogP contribution is -1.97. The Kier molecular flexibility index (Phi) is 5.69. The number of carbonyl (C=O) groups is 1. The van der Waals surface area contributed by atoms with Crippen molar-refractivity contribution in [3.8, 4) is 11.5 Å². The topological polar surface area (TPSA) is 35.5 Å². The predicted molar refractivity (Wildman–Crippen MR) is 88.5 cm³/mol. The molecule has 23 heavy (non-hydrogen) atoms. The first-order valence-electron chi connectivity index (χ1n) is 7.03. The second-order valence-corrected chi connectivity index (χ2v) is 4.72. The van der Waals surface area contributed by atoms with Crippen molar-refractivity contribution >= 4 is 11.9 Å². The van der Waals surface area contributed by atoms with E-state index >= 15 is 0 Å². The van der Waals surface area contributed by atoms with E-state index in [9.17, 15) is 9.18 Å². The van der Waals surface area contributed by atoms with Gasteiger partial charge in [0, 0.05) is 5.56 Å². The van der Waals surface area contributed by atoms with Crippen LogP contribution in [-0.4, -0.2) is 19.5 Å². The third-order valence-electron chi connectivity index (χ3n) is 3.08. The SMILES string of the molecule is C=CCOc1ccc(/C=C/C(=O)c2cccc(F)c2)cc1OC. The zero-order chi connectivity index (χ0) is 16.7. The van der Waals surface area contributed by atoms with Crippen LogP contribution in [-0.2, 0) is 0 Å². The van der Waals surface area contributed by atoms with Crippen LogP contribution in [0.15, 0.2) is 61.2 Å². The van der Waals surface area contributed by atoms with Crippen molar-refractivity contribution in [3.63, 3.8) is 0 Å². The first kappa shape index (κ1) is 16.5. The maximum Gasteiger partial charge on any atom is 0.185 e. The molecule has 0 heterocycles. The Labute approximate surface area is 134 Å². The molecule has 2 aromatic carbocycles. The van der Waals surface area contributed by atoms with Gasteiger partial charge in [-0.25, -0.2) is 4.39 Å². The smallest absolute Gasteiger partial charge is 0.185 e. The van der Waals surface area contributed by atoms with Crippen LogP contribution in [0.2, 0.25) is 0 Å². The minimum Gasteiger partial charge on any atom is -0.493 e. The van der Waals surface area contributed by atoms with Gasteiger partial charge >= 0.3 is 0 Å². The van der Waals surface area contributed by atoms with Crippen molar-refractivity contribution in [2.75, 3.05) is 13.7 Å². The summed E-state index contributed by atoms with van der Waals surface area (Å²) in [5.74, 6) is 0.457. The van der Waals surface area contributed by atoms with Gasteiger partial charge < -0.3 is 9.47 Å². The molecule has 118 valence electrons. The molecule has 0 aliphatic heterocycles. The molecule has 3 nitrogen and oxygen atoms in total. The molecule has 0 aliphatic carbocycles. The monoisotopic (exact) mass is 312 g/mol. The summed E-state index contributed by atoms with van der Waals surface area (Å²) in [4.78, 5) is 12.0. The van der Waals surface area contributed by atoms with E-state index in [0.717, 1.165) is 5.56 Å². The van der Waals surface area contributed by atoms with E-state index in [1.807, 2.05) is 0 Å². The van der Waals surface area contributed by atoms with Crippen molar-refractivity contribution < 1.29 is 18.7 Å². The normalized spacial score (nSPS) is 10.5. The lowest BCUT2D eigenvalue weighted by atomic mass is 10.1. The van der Waals surface area contributed by atoms with Crippen LogP contribution in [0.5, 0.6) is 11.5 Å². The molecule has 0 aromatic heterocycles. The maximum absolute atomic E-state index is 13.1. The summed E-state index contributed by atoms with van der Waals surface area (Å²) >= 11 is 0. The third kappa shape index (κ3) is 4.54. The van der Waals surface area contributed by atoms with Crippen molar-refractivity contribution in [3.05, 3.63) is 78.1 Å². The van der Waals surface area contributed by atoms with Gasteiger partial charge in [0.25, 0.3) is 0 Å². The summed E-state index contributed by atoms with van der Waals surface area (Å²) in [6, 6.07) is 10.9. The second kappa shape index (κ2) is 7.94. The molecule has 0 N–H and O–H groups in total. The summed E-state index contributed by atoms with van der Waals surface area (Å²) in [6.07, 6.45) is 4.69. The Morgan fingerprint density at radius 3 is 2.74 bits per heavy atom. The van der Waals surface area contributed by atoms with Crippen LogP contribution in [0.3, 0.4) is 0 Å². The number of halogens is 1. The van der Waals surface area contributed by atoms with Crippen molar-refractivity contribution in [1.29, 1.82) is 0 Å². The molecule has 0 unspecified atom stereocenters. The molecule has 2 rings (SSSR count). The van der Waals surface area contributed by atoms with Gasteiger partial charge in [-0.15, -0.1) is 0 Å². The van der Waals surface area contributed by atoms with Crippen LogP contribution in [0.4, 0.5) is 4.39 Å². The highest BCUT2D eigenvalue weighted by atomic mass is 19.1. The second-order valence-electron chi connectivity index (χ2n) is 4.72. The lowest BCUT2D eigenvalue weighted by Gasteiger charge is -2.09. The fourth-order valence-electron chi connectivity index (χ4n) is 1.97. The number of hydrogen-bond donors (Lipinski definition) is 0. The van der Waals surface area contributed by atoms with Crippen LogP contribution < -0.4 is 9.47 Å². The fraction of sp³-hybridized carbons (Fsp3) is 0.105. The van der Waals surface area contributed by atoms with Crippen LogP contribution in [0, 0.1) is 5.82 Å². The largest absolute Gasteiger partial charge is 0.493 e. The summed E-state index contributed by atoms with van der Waals surface area (Å²) < 4.78 is 23.8. The highest BCUT2D eigenvalue weighted by Crippen LogP contribution is 2.28. The quantitative estimate of drug-likeness (QED) is 0.434. The van der Waals surface area contributed by atoms with Gasteiger partial charge in [-0.1, -0.05) is 36.9 Å². The van der Waals surface area contributed by atoms with Crippen molar-refractivity contribution in [2.24, 2.45) is 0 Å². The molecule has 0 radical (unpaired) electrons. The van der Waals surface area contributed by atoms with Crippen molar-refractivity contribution in [2.45, 2.75) is 0 Å². The van der Waals surface area contributed by atoms with E-state index in [2.05, 4.69) is 6.58 Å². The average Bonchev–Trinajstić information content (AvgIpc) is 2.58. The standard InChI is InChI=1S/C19H17FO3/c1-3-11-23-18-10-8-14(12-19(18)22-2)7-9-17(21)15-5-4-6-16(20)13-15/h3-10,12-13H,1,11H2,2H3/b9-7+. The molecular weight excluding hydrogens is 295 g/mol. The molecule has 0 fully saturated rings. The number of allylic oxidation sites excluding steroid dienone is 1. The predicted octanol–water partition coefficient (Wildman–Crippen LogP) is 4.30. The Morgan fingerprint density at radius 1 is 1.22 bits per heavy atom. The molecule has 0 aliphatic rings. The van der Waals surface area contributed by atoms with Gasteiger partial charge in [-0.05, 0) is 35.9 Å². The summed E-state index contributed by atoms with van der Waals surface area (Å²) in [5, 5.41) is 0.